The molecule has 2 heterocycles. The van der Waals surface area contributed by atoms with Crippen molar-refractivity contribution < 1.29 is 28.5 Å². The van der Waals surface area contributed by atoms with E-state index in [-0.39, 0.29) is 29.6 Å². The molecule has 1 spiro atoms. The molecule has 3 aliphatic rings. The van der Waals surface area contributed by atoms with E-state index in [0.29, 0.717) is 13.0 Å². The Bertz CT molecular complexity index is 700. The van der Waals surface area contributed by atoms with Gasteiger partial charge in [-0.05, 0) is 46.0 Å². The molecule has 7 atom stereocenters. The molecule has 30 heavy (non-hydrogen) atoms. The van der Waals surface area contributed by atoms with Crippen LogP contribution in [-0.2, 0) is 23.7 Å². The second kappa shape index (κ2) is 8.48. The highest BCUT2D eigenvalue weighted by Gasteiger charge is 2.72. The maximum Gasteiger partial charge on any atom is 0.408 e. The highest BCUT2D eigenvalue weighted by Crippen LogP contribution is 2.59. The first-order chi connectivity index (χ1) is 14.0. The predicted molar refractivity (Wildman–Crippen MR) is 111 cm³/mol. The molecule has 8 nitrogen and oxygen atoms in total. The molecule has 3 rings (SSSR count). The number of hydrogen-bond acceptors (Lipinski definition) is 6. The minimum absolute atomic E-state index is 0.0471. The summed E-state index contributed by atoms with van der Waals surface area (Å²) in [6.45, 7) is 10.5. The van der Waals surface area contributed by atoms with Gasteiger partial charge in [0.1, 0.15) is 29.5 Å². The molecule has 2 saturated heterocycles. The van der Waals surface area contributed by atoms with Gasteiger partial charge in [-0.15, -0.1) is 0 Å². The van der Waals surface area contributed by atoms with Crippen molar-refractivity contribution in [3.05, 3.63) is 11.6 Å². The van der Waals surface area contributed by atoms with Crippen LogP contribution in [0.2, 0.25) is 0 Å². The van der Waals surface area contributed by atoms with Gasteiger partial charge in [0.25, 0.3) is 0 Å². The lowest BCUT2D eigenvalue weighted by Gasteiger charge is -2.42. The van der Waals surface area contributed by atoms with Gasteiger partial charge in [-0.1, -0.05) is 25.5 Å². The Hall–Kier alpha value is -1.64. The van der Waals surface area contributed by atoms with Crippen molar-refractivity contribution in [1.82, 2.24) is 5.32 Å². The van der Waals surface area contributed by atoms with Crippen molar-refractivity contribution in [2.45, 2.75) is 89.4 Å². The molecular formula is C22H36N2O6. The van der Waals surface area contributed by atoms with Crippen molar-refractivity contribution in [3.63, 3.8) is 0 Å². The summed E-state index contributed by atoms with van der Waals surface area (Å²) in [6.07, 6.45) is 3.02. The number of carbonyl (C=O) groups excluding carboxylic acids is 2. The van der Waals surface area contributed by atoms with Crippen LogP contribution >= 0.6 is 0 Å². The van der Waals surface area contributed by atoms with Gasteiger partial charge < -0.3 is 30.0 Å². The third kappa shape index (κ3) is 4.50. The standard InChI is InChI=1S/C22H36N2O6/c1-12(2)7-8-15-21(5,30-15)18-17(27-6)14(9-10-22(18)11-28-22)29-20(26)24-16(13(3)4)19(23)25/h7,13-18H,8-11H2,1-6H3,(H2,23,25)(H,24,26)/t14-,15?,16-,17-,18-,21+,22+/m1/s1. The Morgan fingerprint density at radius 1 is 1.33 bits per heavy atom. The van der Waals surface area contributed by atoms with Crippen LogP contribution in [0.5, 0.6) is 0 Å². The smallest absolute Gasteiger partial charge is 0.408 e. The molecule has 1 aliphatic carbocycles. The number of rotatable bonds is 8. The average molecular weight is 425 g/mol. The first-order valence-corrected chi connectivity index (χ1v) is 10.8. The van der Waals surface area contributed by atoms with E-state index in [9.17, 15) is 9.59 Å². The fourth-order valence-corrected chi connectivity index (χ4v) is 4.94. The molecule has 3 fully saturated rings. The summed E-state index contributed by atoms with van der Waals surface area (Å²) in [4.78, 5) is 24.1. The van der Waals surface area contributed by atoms with Crippen LogP contribution in [-0.4, -0.2) is 61.3 Å². The van der Waals surface area contributed by atoms with Gasteiger partial charge in [0.2, 0.25) is 5.91 Å². The van der Waals surface area contributed by atoms with Crippen LogP contribution in [0.3, 0.4) is 0 Å². The summed E-state index contributed by atoms with van der Waals surface area (Å²) in [7, 11) is 1.63. The zero-order valence-corrected chi connectivity index (χ0v) is 18.9. The largest absolute Gasteiger partial charge is 0.443 e. The lowest BCUT2D eigenvalue weighted by molar-refractivity contribution is -0.123. The normalized spacial score (nSPS) is 38.1. The lowest BCUT2D eigenvalue weighted by atomic mass is 9.68. The van der Waals surface area contributed by atoms with Crippen molar-refractivity contribution in [2.24, 2.45) is 17.6 Å². The first kappa shape index (κ1) is 23.0. The van der Waals surface area contributed by atoms with Crippen LogP contribution < -0.4 is 11.1 Å². The third-order valence-corrected chi connectivity index (χ3v) is 6.74. The molecular weight excluding hydrogens is 388 g/mol. The number of nitrogens with two attached hydrogens (primary N) is 1. The maximum atomic E-state index is 12.5. The highest BCUT2D eigenvalue weighted by molar-refractivity contribution is 5.84. The number of nitrogens with one attached hydrogen (secondary N) is 1. The lowest BCUT2D eigenvalue weighted by Crippen LogP contribution is -2.57. The summed E-state index contributed by atoms with van der Waals surface area (Å²) in [5.41, 5.74) is 5.98. The number of carbonyl (C=O) groups is 2. The molecule has 1 saturated carbocycles. The van der Waals surface area contributed by atoms with Gasteiger partial charge in [0.15, 0.2) is 0 Å². The number of primary amides is 1. The number of alkyl carbamates (subject to hydrolysis) is 1. The zero-order chi connectivity index (χ0) is 22.3. The minimum Gasteiger partial charge on any atom is -0.443 e. The molecule has 8 heteroatoms. The molecule has 2 amide bonds. The predicted octanol–water partition coefficient (Wildman–Crippen LogP) is 2.30. The molecule has 0 aromatic carbocycles. The van der Waals surface area contributed by atoms with Gasteiger partial charge in [0, 0.05) is 7.11 Å². The second-order valence-electron chi connectivity index (χ2n) is 9.59. The van der Waals surface area contributed by atoms with Crippen LogP contribution in [0.25, 0.3) is 0 Å². The van der Waals surface area contributed by atoms with Crippen LogP contribution in [0, 0.1) is 11.8 Å². The van der Waals surface area contributed by atoms with Crippen LogP contribution in [0.15, 0.2) is 11.6 Å². The van der Waals surface area contributed by atoms with Crippen LogP contribution in [0.4, 0.5) is 4.79 Å². The van der Waals surface area contributed by atoms with E-state index < -0.39 is 29.7 Å². The number of amides is 2. The van der Waals surface area contributed by atoms with E-state index in [1.807, 2.05) is 13.8 Å². The number of epoxide rings is 2. The topological polar surface area (TPSA) is 116 Å². The van der Waals surface area contributed by atoms with Crippen molar-refractivity contribution in [1.29, 1.82) is 0 Å². The summed E-state index contributed by atoms with van der Waals surface area (Å²) in [5.74, 6) is -0.766. The first-order valence-electron chi connectivity index (χ1n) is 10.8. The van der Waals surface area contributed by atoms with Gasteiger partial charge >= 0.3 is 6.09 Å². The fraction of sp³-hybridized carbons (Fsp3) is 0.818. The number of allylic oxidation sites excluding steroid dienone is 1. The van der Waals surface area contributed by atoms with E-state index in [4.69, 9.17) is 24.7 Å². The van der Waals surface area contributed by atoms with Gasteiger partial charge in [-0.25, -0.2) is 4.79 Å². The third-order valence-electron chi connectivity index (χ3n) is 6.74. The Balaban J connectivity index is 1.71. The van der Waals surface area contributed by atoms with Crippen molar-refractivity contribution in [2.75, 3.05) is 13.7 Å². The van der Waals surface area contributed by atoms with Crippen molar-refractivity contribution >= 4 is 12.0 Å². The number of methoxy groups -OCH3 is 1. The van der Waals surface area contributed by atoms with Gasteiger partial charge in [-0.3, -0.25) is 4.79 Å². The average Bonchev–Trinajstić information content (AvgIpc) is 3.56. The van der Waals surface area contributed by atoms with E-state index >= 15 is 0 Å². The summed E-state index contributed by atoms with van der Waals surface area (Å²) in [5, 5.41) is 2.59. The molecule has 170 valence electrons. The quantitative estimate of drug-likeness (QED) is 0.456. The zero-order valence-electron chi connectivity index (χ0n) is 18.9. The molecule has 0 aromatic rings. The Morgan fingerprint density at radius 3 is 2.50 bits per heavy atom. The molecule has 0 radical (unpaired) electrons. The summed E-state index contributed by atoms with van der Waals surface area (Å²) in [6, 6.07) is -0.784. The maximum absolute atomic E-state index is 12.5. The molecule has 2 aliphatic heterocycles. The van der Waals surface area contributed by atoms with E-state index in [1.54, 1.807) is 7.11 Å². The summed E-state index contributed by atoms with van der Waals surface area (Å²) < 4.78 is 23.7. The monoisotopic (exact) mass is 424 g/mol. The van der Waals surface area contributed by atoms with Crippen LogP contribution in [0.1, 0.15) is 53.9 Å². The highest BCUT2D eigenvalue weighted by atomic mass is 16.6. The van der Waals surface area contributed by atoms with Gasteiger partial charge in [-0.2, -0.15) is 0 Å². The molecule has 1 unspecified atom stereocenters. The second-order valence-corrected chi connectivity index (χ2v) is 9.59. The molecule has 0 bridgehead atoms. The van der Waals surface area contributed by atoms with E-state index in [0.717, 1.165) is 12.8 Å². The Kier molecular flexibility index (Phi) is 6.51. The summed E-state index contributed by atoms with van der Waals surface area (Å²) >= 11 is 0. The Labute approximate surface area is 178 Å². The SMILES string of the molecule is CO[C@@H]1[C@H](OC(=O)N[C@@H](C(N)=O)C(C)C)CC[C@]2(CO2)[C@H]1[C@@]1(C)OC1CC=C(C)C. The Morgan fingerprint density at radius 2 is 2.00 bits per heavy atom. The van der Waals surface area contributed by atoms with Gasteiger partial charge in [0.05, 0.1) is 18.6 Å². The van der Waals surface area contributed by atoms with E-state index in [1.165, 1.54) is 5.57 Å². The van der Waals surface area contributed by atoms with E-state index in [2.05, 4.69) is 32.2 Å². The minimum atomic E-state index is -0.784. The fourth-order valence-electron chi connectivity index (χ4n) is 4.94. The molecule has 0 aromatic heterocycles. The van der Waals surface area contributed by atoms with Crippen molar-refractivity contribution in [3.8, 4) is 0 Å². The number of hydrogen-bond donors (Lipinski definition) is 2. The molecule has 3 N–H and O–H groups in total. The number of ether oxygens (including phenoxy) is 4.